The number of carbonyl (C=O) groups excluding carboxylic acids is 2. The van der Waals surface area contributed by atoms with Gasteiger partial charge in [0.05, 0.1) is 13.2 Å². The summed E-state index contributed by atoms with van der Waals surface area (Å²) in [6, 6.07) is 15.0. The third-order valence-electron chi connectivity index (χ3n) is 4.55. The number of amides is 2. The van der Waals surface area contributed by atoms with Crippen LogP contribution < -0.4 is 10.2 Å². The van der Waals surface area contributed by atoms with Crippen LogP contribution in [0, 0.1) is 0 Å². The van der Waals surface area contributed by atoms with E-state index in [4.69, 9.17) is 4.74 Å². The molecule has 0 saturated heterocycles. The minimum absolute atomic E-state index is 0.0741. The van der Waals surface area contributed by atoms with Gasteiger partial charge in [0, 0.05) is 35.0 Å². The van der Waals surface area contributed by atoms with Crippen molar-refractivity contribution in [1.82, 2.24) is 5.32 Å². The van der Waals surface area contributed by atoms with Crippen LogP contribution in [0.3, 0.4) is 0 Å². The number of fused-ring (bicyclic) bond motifs is 1. The summed E-state index contributed by atoms with van der Waals surface area (Å²) in [5.74, 6) is -0.151. The molecule has 5 heteroatoms. The fraction of sp³-hybridized carbons (Fsp3) is 0.300. The Kier molecular flexibility index (Phi) is 4.24. The molecule has 2 aromatic carbocycles. The summed E-state index contributed by atoms with van der Waals surface area (Å²) >= 11 is 0. The molecule has 0 unspecified atom stereocenters. The van der Waals surface area contributed by atoms with E-state index >= 15 is 0 Å². The SMILES string of the molecule is O=C(NC1CC1)c1ccc(C(=O)N2CCOCc3ccccc32)cc1. The molecule has 0 spiro atoms. The summed E-state index contributed by atoms with van der Waals surface area (Å²) in [6.45, 7) is 1.53. The second-order valence-corrected chi connectivity index (χ2v) is 6.46. The van der Waals surface area contributed by atoms with Crippen LogP contribution in [0.2, 0.25) is 0 Å². The zero-order valence-electron chi connectivity index (χ0n) is 13.9. The first-order valence-corrected chi connectivity index (χ1v) is 8.61. The van der Waals surface area contributed by atoms with Gasteiger partial charge in [0.1, 0.15) is 0 Å². The highest BCUT2D eigenvalue weighted by atomic mass is 16.5. The largest absolute Gasteiger partial charge is 0.375 e. The monoisotopic (exact) mass is 336 g/mol. The van der Waals surface area contributed by atoms with Gasteiger partial charge in [-0.1, -0.05) is 18.2 Å². The lowest BCUT2D eigenvalue weighted by molar-refractivity contribution is 0.0945. The lowest BCUT2D eigenvalue weighted by Gasteiger charge is -2.22. The molecule has 5 nitrogen and oxygen atoms in total. The van der Waals surface area contributed by atoms with E-state index in [1.807, 2.05) is 24.3 Å². The molecular weight excluding hydrogens is 316 g/mol. The average Bonchev–Trinajstić information content (AvgIpc) is 3.47. The number of rotatable bonds is 3. The van der Waals surface area contributed by atoms with E-state index in [0.29, 0.717) is 36.9 Å². The summed E-state index contributed by atoms with van der Waals surface area (Å²) in [6.07, 6.45) is 2.11. The second kappa shape index (κ2) is 6.69. The van der Waals surface area contributed by atoms with E-state index in [0.717, 1.165) is 24.1 Å². The van der Waals surface area contributed by atoms with Gasteiger partial charge in [-0.25, -0.2) is 0 Å². The van der Waals surface area contributed by atoms with Gasteiger partial charge in [-0.05, 0) is 43.2 Å². The van der Waals surface area contributed by atoms with Crippen LogP contribution in [0.4, 0.5) is 5.69 Å². The van der Waals surface area contributed by atoms with Crippen molar-refractivity contribution in [2.45, 2.75) is 25.5 Å². The number of nitrogens with one attached hydrogen (secondary N) is 1. The van der Waals surface area contributed by atoms with Gasteiger partial charge in [-0.2, -0.15) is 0 Å². The predicted octanol–water partition coefficient (Wildman–Crippen LogP) is 2.76. The van der Waals surface area contributed by atoms with E-state index in [9.17, 15) is 9.59 Å². The van der Waals surface area contributed by atoms with Crippen molar-refractivity contribution in [2.75, 3.05) is 18.1 Å². The van der Waals surface area contributed by atoms with Gasteiger partial charge in [0.15, 0.2) is 0 Å². The third kappa shape index (κ3) is 3.42. The third-order valence-corrected chi connectivity index (χ3v) is 4.55. The molecule has 2 aliphatic rings. The van der Waals surface area contributed by atoms with Crippen molar-refractivity contribution < 1.29 is 14.3 Å². The smallest absolute Gasteiger partial charge is 0.258 e. The van der Waals surface area contributed by atoms with Crippen LogP contribution >= 0.6 is 0 Å². The first-order chi connectivity index (χ1) is 12.2. The first kappa shape index (κ1) is 15.8. The Morgan fingerprint density at radius 1 is 1.00 bits per heavy atom. The molecule has 128 valence electrons. The van der Waals surface area contributed by atoms with Gasteiger partial charge in [0.25, 0.3) is 11.8 Å². The van der Waals surface area contributed by atoms with Crippen LogP contribution in [-0.2, 0) is 11.3 Å². The number of para-hydroxylation sites is 1. The zero-order valence-corrected chi connectivity index (χ0v) is 13.9. The van der Waals surface area contributed by atoms with Gasteiger partial charge in [-0.15, -0.1) is 0 Å². The minimum atomic E-state index is -0.0768. The number of anilines is 1. The van der Waals surface area contributed by atoms with E-state index in [2.05, 4.69) is 5.32 Å². The molecule has 1 saturated carbocycles. The molecule has 0 atom stereocenters. The van der Waals surface area contributed by atoms with E-state index in [1.165, 1.54) is 0 Å². The van der Waals surface area contributed by atoms with Crippen molar-refractivity contribution in [3.8, 4) is 0 Å². The molecule has 0 aromatic heterocycles. The topological polar surface area (TPSA) is 58.6 Å². The average molecular weight is 336 g/mol. The molecule has 2 amide bonds. The van der Waals surface area contributed by atoms with E-state index < -0.39 is 0 Å². The van der Waals surface area contributed by atoms with Crippen LogP contribution in [0.25, 0.3) is 0 Å². The van der Waals surface area contributed by atoms with Crippen molar-refractivity contribution in [3.05, 3.63) is 65.2 Å². The zero-order chi connectivity index (χ0) is 17.2. The highest BCUT2D eigenvalue weighted by Gasteiger charge is 2.25. The fourth-order valence-corrected chi connectivity index (χ4v) is 2.98. The van der Waals surface area contributed by atoms with E-state index in [-0.39, 0.29) is 11.8 Å². The highest BCUT2D eigenvalue weighted by molar-refractivity contribution is 6.07. The van der Waals surface area contributed by atoms with Crippen LogP contribution in [0.5, 0.6) is 0 Å². The summed E-state index contributed by atoms with van der Waals surface area (Å²) in [5.41, 5.74) is 3.05. The lowest BCUT2D eigenvalue weighted by Crippen LogP contribution is -2.33. The molecule has 1 heterocycles. The Hall–Kier alpha value is -2.66. The maximum absolute atomic E-state index is 13.0. The summed E-state index contributed by atoms with van der Waals surface area (Å²) in [7, 11) is 0. The molecule has 1 fully saturated rings. The molecule has 1 aliphatic heterocycles. The Balaban J connectivity index is 1.55. The Bertz CT molecular complexity index is 797. The van der Waals surface area contributed by atoms with Crippen LogP contribution in [-0.4, -0.2) is 31.0 Å². The molecular formula is C20H20N2O3. The Morgan fingerprint density at radius 2 is 1.72 bits per heavy atom. The first-order valence-electron chi connectivity index (χ1n) is 8.61. The lowest BCUT2D eigenvalue weighted by atomic mass is 10.1. The van der Waals surface area contributed by atoms with Gasteiger partial charge in [-0.3, -0.25) is 9.59 Å². The quantitative estimate of drug-likeness (QED) is 0.938. The van der Waals surface area contributed by atoms with Crippen molar-refractivity contribution >= 4 is 17.5 Å². The maximum Gasteiger partial charge on any atom is 0.258 e. The van der Waals surface area contributed by atoms with Gasteiger partial charge >= 0.3 is 0 Å². The van der Waals surface area contributed by atoms with Crippen molar-refractivity contribution in [1.29, 1.82) is 0 Å². The minimum Gasteiger partial charge on any atom is -0.375 e. The number of hydrogen-bond donors (Lipinski definition) is 1. The molecule has 0 radical (unpaired) electrons. The molecule has 0 bridgehead atoms. The number of carbonyl (C=O) groups is 2. The number of hydrogen-bond acceptors (Lipinski definition) is 3. The molecule has 25 heavy (non-hydrogen) atoms. The maximum atomic E-state index is 13.0. The fourth-order valence-electron chi connectivity index (χ4n) is 2.98. The number of nitrogens with zero attached hydrogens (tertiary/aromatic N) is 1. The summed E-state index contributed by atoms with van der Waals surface area (Å²) in [5, 5.41) is 2.95. The number of ether oxygens (including phenoxy) is 1. The molecule has 4 rings (SSSR count). The van der Waals surface area contributed by atoms with Crippen molar-refractivity contribution in [2.24, 2.45) is 0 Å². The van der Waals surface area contributed by atoms with E-state index in [1.54, 1.807) is 29.2 Å². The molecule has 1 N–H and O–H groups in total. The second-order valence-electron chi connectivity index (χ2n) is 6.46. The highest BCUT2D eigenvalue weighted by Crippen LogP contribution is 2.25. The Morgan fingerprint density at radius 3 is 2.48 bits per heavy atom. The molecule has 1 aliphatic carbocycles. The van der Waals surface area contributed by atoms with Crippen molar-refractivity contribution in [3.63, 3.8) is 0 Å². The van der Waals surface area contributed by atoms with Gasteiger partial charge < -0.3 is 15.0 Å². The molecule has 2 aromatic rings. The normalized spacial score (nSPS) is 16.7. The summed E-state index contributed by atoms with van der Waals surface area (Å²) in [4.78, 5) is 26.8. The standard InChI is InChI=1S/C20H20N2O3/c23-19(21-17-9-10-17)14-5-7-15(8-6-14)20(24)22-11-12-25-13-16-3-1-2-4-18(16)22/h1-8,17H,9-13H2,(H,21,23). The number of benzene rings is 2. The van der Waals surface area contributed by atoms with Gasteiger partial charge in [0.2, 0.25) is 0 Å². The predicted molar refractivity (Wildman–Crippen MR) is 94.7 cm³/mol. The Labute approximate surface area is 146 Å². The summed E-state index contributed by atoms with van der Waals surface area (Å²) < 4.78 is 5.58. The van der Waals surface area contributed by atoms with Crippen LogP contribution in [0.15, 0.2) is 48.5 Å². The van der Waals surface area contributed by atoms with Crippen LogP contribution in [0.1, 0.15) is 39.1 Å².